The summed E-state index contributed by atoms with van der Waals surface area (Å²) in [5.74, 6) is 0. The molecule has 3 nitrogen and oxygen atoms in total. The van der Waals surface area contributed by atoms with Crippen molar-refractivity contribution in [2.75, 3.05) is 0 Å². The van der Waals surface area contributed by atoms with Crippen molar-refractivity contribution in [3.63, 3.8) is 0 Å². The van der Waals surface area contributed by atoms with Crippen molar-refractivity contribution in [1.82, 2.24) is 15.0 Å². The van der Waals surface area contributed by atoms with Gasteiger partial charge in [-0.05, 0) is 29.0 Å². The number of rotatable bonds is 1. The fourth-order valence-corrected chi connectivity index (χ4v) is 1.55. The number of halogens is 1. The van der Waals surface area contributed by atoms with Gasteiger partial charge in [-0.15, -0.1) is 5.10 Å². The first-order chi connectivity index (χ1) is 4.25. The Morgan fingerprint density at radius 2 is 2.33 bits per heavy atom. The summed E-state index contributed by atoms with van der Waals surface area (Å²) in [6.07, 6.45) is 1.00. The van der Waals surface area contributed by atoms with E-state index < -0.39 is 0 Å². The van der Waals surface area contributed by atoms with Crippen LogP contribution in [0.2, 0.25) is 0 Å². The van der Waals surface area contributed by atoms with Crippen LogP contribution in [0.15, 0.2) is 0 Å². The van der Waals surface area contributed by atoms with Gasteiger partial charge in [-0.25, -0.2) is 0 Å². The molecule has 1 heterocycles. The molecule has 0 atom stereocenters. The molecule has 0 saturated carbocycles. The molecule has 0 aromatic carbocycles. The van der Waals surface area contributed by atoms with Crippen LogP contribution in [0, 0.1) is 3.70 Å². The highest BCUT2D eigenvalue weighted by Gasteiger charge is 2.02. The largest absolute Gasteiger partial charge is 0.251 e. The normalized spacial score (nSPS) is 10.1. The maximum atomic E-state index is 3.89. The van der Waals surface area contributed by atoms with E-state index >= 15 is 0 Å². The van der Waals surface area contributed by atoms with Crippen molar-refractivity contribution in [2.24, 2.45) is 7.05 Å². The van der Waals surface area contributed by atoms with Crippen LogP contribution in [-0.2, 0) is 13.5 Å². The average molecular weight is 237 g/mol. The molecule has 0 aliphatic heterocycles. The molecule has 0 radical (unpaired) electrons. The van der Waals surface area contributed by atoms with E-state index in [0.717, 1.165) is 10.1 Å². The number of aromatic nitrogens is 3. The first kappa shape index (κ1) is 6.98. The standard InChI is InChI=1S/C5H8IN3/c1-3-4-5(6)7-8-9(4)2/h3H2,1-2H3. The van der Waals surface area contributed by atoms with Gasteiger partial charge in [0.2, 0.25) is 0 Å². The quantitative estimate of drug-likeness (QED) is 0.681. The molecule has 1 aromatic heterocycles. The van der Waals surface area contributed by atoms with Gasteiger partial charge in [-0.2, -0.15) is 0 Å². The number of hydrogen-bond donors (Lipinski definition) is 0. The lowest BCUT2D eigenvalue weighted by atomic mass is 10.4. The molecule has 0 spiro atoms. The number of nitrogens with zero attached hydrogens (tertiary/aromatic N) is 3. The molecule has 0 N–H and O–H groups in total. The van der Waals surface area contributed by atoms with Crippen LogP contribution in [-0.4, -0.2) is 15.0 Å². The van der Waals surface area contributed by atoms with E-state index in [1.807, 2.05) is 11.7 Å². The zero-order valence-electron chi connectivity index (χ0n) is 5.43. The van der Waals surface area contributed by atoms with Crippen LogP contribution in [0.25, 0.3) is 0 Å². The molecular formula is C5H8IN3. The second-order valence-electron chi connectivity index (χ2n) is 1.80. The van der Waals surface area contributed by atoms with E-state index in [-0.39, 0.29) is 0 Å². The molecule has 0 fully saturated rings. The fraction of sp³-hybridized carbons (Fsp3) is 0.600. The maximum absolute atomic E-state index is 3.89. The summed E-state index contributed by atoms with van der Waals surface area (Å²) in [6.45, 7) is 2.10. The summed E-state index contributed by atoms with van der Waals surface area (Å²) in [4.78, 5) is 0. The molecule has 50 valence electrons. The van der Waals surface area contributed by atoms with Gasteiger partial charge in [0.25, 0.3) is 0 Å². The zero-order chi connectivity index (χ0) is 6.85. The Morgan fingerprint density at radius 3 is 2.56 bits per heavy atom. The first-order valence-electron chi connectivity index (χ1n) is 2.79. The highest BCUT2D eigenvalue weighted by molar-refractivity contribution is 14.1. The number of hydrogen-bond acceptors (Lipinski definition) is 2. The zero-order valence-corrected chi connectivity index (χ0v) is 7.58. The first-order valence-corrected chi connectivity index (χ1v) is 3.87. The molecule has 4 heteroatoms. The molecule has 0 saturated heterocycles. The van der Waals surface area contributed by atoms with E-state index in [1.54, 1.807) is 0 Å². The second-order valence-corrected chi connectivity index (χ2v) is 2.83. The van der Waals surface area contributed by atoms with Gasteiger partial charge in [0.05, 0.1) is 5.69 Å². The molecule has 9 heavy (non-hydrogen) atoms. The lowest BCUT2D eigenvalue weighted by Gasteiger charge is -1.92. The van der Waals surface area contributed by atoms with Crippen LogP contribution in [0.1, 0.15) is 12.6 Å². The lowest BCUT2D eigenvalue weighted by molar-refractivity contribution is 0.682. The smallest absolute Gasteiger partial charge is 0.146 e. The molecule has 0 unspecified atom stereocenters. The minimum absolute atomic E-state index is 1.00. The summed E-state index contributed by atoms with van der Waals surface area (Å²) in [7, 11) is 1.91. The highest BCUT2D eigenvalue weighted by Crippen LogP contribution is 2.06. The lowest BCUT2D eigenvalue weighted by Crippen LogP contribution is -1.96. The van der Waals surface area contributed by atoms with Gasteiger partial charge in [0.15, 0.2) is 0 Å². The van der Waals surface area contributed by atoms with Gasteiger partial charge in [0, 0.05) is 7.05 Å². The Bertz CT molecular complexity index is 186. The Hall–Kier alpha value is -0.130. The topological polar surface area (TPSA) is 30.7 Å². The predicted molar refractivity (Wildman–Crippen MR) is 43.1 cm³/mol. The maximum Gasteiger partial charge on any atom is 0.146 e. The molecular weight excluding hydrogens is 229 g/mol. The van der Waals surface area contributed by atoms with Gasteiger partial charge >= 0.3 is 0 Å². The number of aryl methyl sites for hydroxylation is 1. The van der Waals surface area contributed by atoms with Gasteiger partial charge in [0.1, 0.15) is 3.70 Å². The van der Waals surface area contributed by atoms with Crippen LogP contribution in [0.4, 0.5) is 0 Å². The molecule has 0 bridgehead atoms. The summed E-state index contributed by atoms with van der Waals surface area (Å²) in [5.41, 5.74) is 1.20. The Morgan fingerprint density at radius 1 is 1.67 bits per heavy atom. The van der Waals surface area contributed by atoms with Crippen molar-refractivity contribution in [2.45, 2.75) is 13.3 Å². The predicted octanol–water partition coefficient (Wildman–Crippen LogP) is 0.982. The van der Waals surface area contributed by atoms with Crippen molar-refractivity contribution < 1.29 is 0 Å². The van der Waals surface area contributed by atoms with Gasteiger partial charge < -0.3 is 0 Å². The van der Waals surface area contributed by atoms with Gasteiger partial charge in [-0.3, -0.25) is 4.68 Å². The van der Waals surface area contributed by atoms with E-state index in [1.165, 1.54) is 5.69 Å². The Labute approximate surface area is 67.6 Å². The van der Waals surface area contributed by atoms with E-state index in [4.69, 9.17) is 0 Å². The van der Waals surface area contributed by atoms with Crippen LogP contribution in [0.5, 0.6) is 0 Å². The third-order valence-corrected chi connectivity index (χ3v) is 2.07. The minimum atomic E-state index is 1.00. The Balaban J connectivity index is 3.07. The van der Waals surface area contributed by atoms with E-state index in [9.17, 15) is 0 Å². The van der Waals surface area contributed by atoms with Crippen molar-refractivity contribution in [3.05, 3.63) is 9.39 Å². The fourth-order valence-electron chi connectivity index (χ4n) is 0.726. The van der Waals surface area contributed by atoms with Crippen LogP contribution in [0.3, 0.4) is 0 Å². The van der Waals surface area contributed by atoms with Crippen molar-refractivity contribution in [1.29, 1.82) is 0 Å². The highest BCUT2D eigenvalue weighted by atomic mass is 127. The van der Waals surface area contributed by atoms with Crippen molar-refractivity contribution >= 4 is 22.6 Å². The minimum Gasteiger partial charge on any atom is -0.251 e. The summed E-state index contributed by atoms with van der Waals surface area (Å²) in [6, 6.07) is 0. The van der Waals surface area contributed by atoms with Crippen LogP contribution >= 0.6 is 22.6 Å². The molecule has 1 rings (SSSR count). The van der Waals surface area contributed by atoms with Gasteiger partial charge in [-0.1, -0.05) is 12.1 Å². The third kappa shape index (κ3) is 1.23. The summed E-state index contributed by atoms with van der Waals surface area (Å²) in [5, 5.41) is 7.73. The average Bonchev–Trinajstić information content (AvgIpc) is 2.12. The summed E-state index contributed by atoms with van der Waals surface area (Å²) < 4.78 is 2.82. The molecule has 1 aromatic rings. The molecule has 0 aliphatic carbocycles. The Kier molecular flexibility index (Phi) is 2.05. The van der Waals surface area contributed by atoms with Crippen LogP contribution < -0.4 is 0 Å². The molecule has 0 aliphatic rings. The third-order valence-electron chi connectivity index (χ3n) is 1.23. The van der Waals surface area contributed by atoms with E-state index in [2.05, 4.69) is 39.8 Å². The summed E-state index contributed by atoms with van der Waals surface area (Å²) >= 11 is 2.19. The SMILES string of the molecule is CCc1c(I)nnn1C. The van der Waals surface area contributed by atoms with E-state index in [0.29, 0.717) is 0 Å². The molecule has 0 amide bonds. The second kappa shape index (κ2) is 2.64. The van der Waals surface area contributed by atoms with Crippen molar-refractivity contribution in [3.8, 4) is 0 Å². The monoisotopic (exact) mass is 237 g/mol.